The molecule has 3 N–H and O–H groups in total. The number of ether oxygens (including phenoxy) is 3. The lowest BCUT2D eigenvalue weighted by Gasteiger charge is -2.48. The largest absolute Gasteiger partial charge is 0.457 e. The van der Waals surface area contributed by atoms with Gasteiger partial charge in [0.15, 0.2) is 0 Å². The maximum Gasteiger partial charge on any atom is 0.272 e. The van der Waals surface area contributed by atoms with Crippen LogP contribution in [0.1, 0.15) is 50.1 Å². The Labute approximate surface area is 681 Å². The number of nitrogens with one attached hydrogen (secondary N) is 3. The Morgan fingerprint density at radius 3 is 0.966 bits per heavy atom. The molecule has 2 aromatic heterocycles. The van der Waals surface area contributed by atoms with Gasteiger partial charge in [-0.25, -0.2) is 0 Å². The first kappa shape index (κ1) is 68.4. The second-order valence-corrected chi connectivity index (χ2v) is 32.7. The molecule has 0 aliphatic carbocycles. The fourth-order valence-electron chi connectivity index (χ4n) is 21.0. The first-order valence-electron chi connectivity index (χ1n) is 40.6. The van der Waals surface area contributed by atoms with Crippen molar-refractivity contribution in [3.05, 3.63) is 347 Å². The van der Waals surface area contributed by atoms with Crippen molar-refractivity contribution < 1.29 is 14.2 Å². The van der Waals surface area contributed by atoms with Gasteiger partial charge in [-0.15, -0.1) is 0 Å². The van der Waals surface area contributed by atoms with E-state index in [-0.39, 0.29) is 13.4 Å². The van der Waals surface area contributed by atoms with E-state index in [0.717, 1.165) is 197 Å². The van der Waals surface area contributed by atoms with Gasteiger partial charge in [0.25, 0.3) is 20.1 Å². The molecule has 0 amide bonds. The number of nitrogens with zero attached hydrogens (tertiary/aromatic N) is 5. The molecule has 0 atom stereocenters. The molecule has 0 radical (unpaired) electrons. The Kier molecular flexibility index (Phi) is 15.1. The third-order valence-corrected chi connectivity index (χ3v) is 25.0. The molecule has 0 saturated heterocycles. The Morgan fingerprint density at radius 1 is 0.239 bits per heavy atom. The van der Waals surface area contributed by atoms with Crippen molar-refractivity contribution in [2.24, 2.45) is 0 Å². The van der Waals surface area contributed by atoms with Gasteiger partial charge < -0.3 is 54.0 Å². The van der Waals surface area contributed by atoms with Crippen molar-refractivity contribution in [3.8, 4) is 34.5 Å². The summed E-state index contributed by atoms with van der Waals surface area (Å²) in [5.41, 5.74) is 41.2. The summed E-state index contributed by atoms with van der Waals surface area (Å²) in [6.07, 6.45) is 0. The second-order valence-electron chi connectivity index (χ2n) is 32.7. The minimum absolute atomic E-state index is 0.292. The van der Waals surface area contributed by atoms with Crippen LogP contribution in [-0.2, 0) is 0 Å². The standard InChI is InChI=1S/C103H79B3N8O3/c1-59-43-62(4)97(63(5)44-59)112-86-57-84-78(105-94-85(107-84)49-73(115-70-33-19-12-20-34-70)50-89(94)110(68-29-15-10-16-30-68)100-76-39-25-27-41-82(76)108-102(100)105)55-79(86)104-80-56-81-88(58-87(80)113(98-64(6)45-60(2)46-65(98)7)92-53-75(52-91(112)95(92)104)117-72-37-23-14-24-38-72)114(99-66(8)47-61(3)48-67(99)9)93-54-74(116-71-35-21-13-22-36-71)51-90-96(93)106(81)103-101(77-40-26-28-42-83(77)109-103)111(90)69-31-17-11-18-32-69/h10-58,107-109H,1-9H3. The molecule has 0 bridgehead atoms. The van der Waals surface area contributed by atoms with E-state index in [1.54, 1.807) is 0 Å². The molecule has 0 spiro atoms. The molecular formula is C103H79B3N8O3. The Balaban J connectivity index is 0.867. The van der Waals surface area contributed by atoms with Gasteiger partial charge in [0.1, 0.15) is 34.5 Å². The zero-order valence-corrected chi connectivity index (χ0v) is 66.5. The summed E-state index contributed by atoms with van der Waals surface area (Å²) in [4.78, 5) is 21.2. The van der Waals surface area contributed by atoms with Gasteiger partial charge in [-0.3, -0.25) is 0 Å². The average molecular weight is 1510 g/mol. The van der Waals surface area contributed by atoms with E-state index in [2.05, 4.69) is 351 Å². The monoisotopic (exact) mass is 1510 g/mol. The van der Waals surface area contributed by atoms with Gasteiger partial charge in [0.2, 0.25) is 0 Å². The molecule has 558 valence electrons. The average Bonchev–Trinajstić information content (AvgIpc) is 1.68. The number of aromatic amines is 2. The van der Waals surface area contributed by atoms with E-state index in [9.17, 15) is 0 Å². The number of aryl methyl sites for hydroxylation is 9. The number of hydrogen-bond acceptors (Lipinski definition) is 9. The van der Waals surface area contributed by atoms with E-state index < -0.39 is 6.71 Å². The lowest BCUT2D eigenvalue weighted by molar-refractivity contribution is 0.483. The number of aromatic nitrogens is 2. The molecular weight excluding hydrogens is 1430 g/mol. The molecule has 15 aromatic carbocycles. The van der Waals surface area contributed by atoms with Crippen molar-refractivity contribution in [2.45, 2.75) is 62.3 Å². The van der Waals surface area contributed by atoms with E-state index >= 15 is 0 Å². The van der Waals surface area contributed by atoms with Gasteiger partial charge in [0.05, 0.1) is 28.4 Å². The highest BCUT2D eigenvalue weighted by Gasteiger charge is 2.52. The third-order valence-electron chi connectivity index (χ3n) is 25.0. The fourth-order valence-corrected chi connectivity index (χ4v) is 21.0. The van der Waals surface area contributed by atoms with Crippen LogP contribution in [0.2, 0.25) is 0 Å². The van der Waals surface area contributed by atoms with Gasteiger partial charge in [-0.2, -0.15) is 0 Å². The van der Waals surface area contributed by atoms with Gasteiger partial charge in [0, 0.05) is 138 Å². The lowest BCUT2D eigenvalue weighted by Crippen LogP contribution is -2.66. The van der Waals surface area contributed by atoms with E-state index in [0.29, 0.717) is 0 Å². The summed E-state index contributed by atoms with van der Waals surface area (Å²) in [5, 5.41) is 6.52. The normalized spacial score (nSPS) is 13.4. The molecule has 0 saturated carbocycles. The van der Waals surface area contributed by atoms with Crippen LogP contribution >= 0.6 is 0 Å². The lowest BCUT2D eigenvalue weighted by atomic mass is 9.29. The van der Waals surface area contributed by atoms with Crippen molar-refractivity contribution in [2.75, 3.05) is 29.8 Å². The minimum Gasteiger partial charge on any atom is -0.457 e. The molecule has 0 unspecified atom stereocenters. The number of benzene rings is 15. The predicted octanol–water partition coefficient (Wildman–Crippen LogP) is 21.3. The zero-order valence-electron chi connectivity index (χ0n) is 66.5. The van der Waals surface area contributed by atoms with Crippen LogP contribution in [0.3, 0.4) is 0 Å². The minimum atomic E-state index is -0.398. The first-order chi connectivity index (χ1) is 57.2. The van der Waals surface area contributed by atoms with Crippen LogP contribution in [0.5, 0.6) is 34.5 Å². The Hall–Kier alpha value is -14.2. The van der Waals surface area contributed by atoms with Crippen LogP contribution in [0.25, 0.3) is 21.8 Å². The summed E-state index contributed by atoms with van der Waals surface area (Å²) in [7, 11) is 0. The number of para-hydroxylation sites is 7. The van der Waals surface area contributed by atoms with E-state index in [1.165, 1.54) is 55.1 Å². The molecule has 8 heterocycles. The summed E-state index contributed by atoms with van der Waals surface area (Å²) >= 11 is 0. The summed E-state index contributed by atoms with van der Waals surface area (Å²) in [6.45, 7) is 19.4. The quantitative estimate of drug-likeness (QED) is 0.110. The molecule has 11 nitrogen and oxygen atoms in total. The number of fused-ring (bicyclic) bond motifs is 16. The Morgan fingerprint density at radius 2 is 0.556 bits per heavy atom. The Bertz CT molecular complexity index is 7000. The van der Waals surface area contributed by atoms with Gasteiger partial charge in [-0.1, -0.05) is 193 Å². The molecule has 0 fully saturated rings. The highest BCUT2D eigenvalue weighted by Crippen LogP contribution is 2.55. The molecule has 23 rings (SSSR count). The van der Waals surface area contributed by atoms with Crippen LogP contribution in [0.4, 0.5) is 96.7 Å². The number of rotatable bonds is 11. The number of anilines is 17. The van der Waals surface area contributed by atoms with Crippen molar-refractivity contribution >= 4 is 188 Å². The smallest absolute Gasteiger partial charge is 0.272 e. The highest BCUT2D eigenvalue weighted by molar-refractivity contribution is 7.04. The molecule has 6 aliphatic rings. The van der Waals surface area contributed by atoms with Crippen molar-refractivity contribution in [3.63, 3.8) is 0 Å². The van der Waals surface area contributed by atoms with Crippen molar-refractivity contribution in [1.29, 1.82) is 0 Å². The molecule has 6 aliphatic heterocycles. The van der Waals surface area contributed by atoms with Crippen LogP contribution in [0.15, 0.2) is 297 Å². The maximum atomic E-state index is 7.41. The number of hydrogen-bond donors (Lipinski definition) is 3. The highest BCUT2D eigenvalue weighted by atomic mass is 16.5. The third kappa shape index (κ3) is 10.4. The zero-order chi connectivity index (χ0) is 78.5. The topological polar surface area (TPSA) is 87.5 Å². The summed E-state index contributed by atoms with van der Waals surface area (Å²) in [6, 6.07) is 109. The molecule has 117 heavy (non-hydrogen) atoms. The summed E-state index contributed by atoms with van der Waals surface area (Å²) in [5.74, 6) is 4.43. The first-order valence-corrected chi connectivity index (χ1v) is 40.6. The SMILES string of the molecule is Cc1cc(C)c(N2c3cc4c(cc3B3c5cc6c(cc5N(c5c(C)cc(C)cc5C)c5cc(Oc7ccccc7)cc2c53)N(c2c(C)cc(C)cc2C)c2cc(Oc3ccccc3)cc3c2B6c2[nH]c5ccccc5c2N3c2ccccc2)B2c3[nH]c5ccccc5c3N(c3ccccc3)c3cc(Oc5ccccc5)cc(c32)N4)c(C)c1. The van der Waals surface area contributed by atoms with Gasteiger partial charge >= 0.3 is 0 Å². The van der Waals surface area contributed by atoms with Gasteiger partial charge in [-0.05, 0) is 219 Å². The van der Waals surface area contributed by atoms with E-state index in [4.69, 9.17) is 14.2 Å². The second kappa shape index (κ2) is 25.9. The predicted molar refractivity (Wildman–Crippen MR) is 489 cm³/mol. The van der Waals surface area contributed by atoms with Crippen LogP contribution < -0.4 is 93.5 Å². The van der Waals surface area contributed by atoms with Crippen LogP contribution in [0, 0.1) is 62.3 Å². The number of H-pyrrole nitrogens is 2. The van der Waals surface area contributed by atoms with Crippen molar-refractivity contribution in [1.82, 2.24) is 9.97 Å². The fraction of sp³-hybridized carbons (Fsp3) is 0.0874. The molecule has 17 aromatic rings. The van der Waals surface area contributed by atoms with Crippen LogP contribution in [-0.4, -0.2) is 30.1 Å². The maximum absolute atomic E-state index is 7.41. The van der Waals surface area contributed by atoms with E-state index in [1.807, 2.05) is 48.5 Å². The summed E-state index contributed by atoms with van der Waals surface area (Å²) < 4.78 is 21.7. The molecule has 14 heteroatoms.